The Bertz CT molecular complexity index is 654. The van der Waals surface area contributed by atoms with Crippen LogP contribution >= 0.6 is 0 Å². The summed E-state index contributed by atoms with van der Waals surface area (Å²) in [6.07, 6.45) is 0.637. The lowest BCUT2D eigenvalue weighted by atomic mass is 10.1. The SMILES string of the molecule is CC1(C)NC(=O)N(CC(=O)OCCCC(=O)c2ccccc2)C1=O. The molecule has 7 heteroatoms. The van der Waals surface area contributed by atoms with Gasteiger partial charge in [0.2, 0.25) is 0 Å². The lowest BCUT2D eigenvalue weighted by Crippen LogP contribution is -2.41. The Morgan fingerprint density at radius 3 is 2.42 bits per heavy atom. The van der Waals surface area contributed by atoms with Gasteiger partial charge in [0.15, 0.2) is 5.78 Å². The van der Waals surface area contributed by atoms with Crippen LogP contribution in [0.2, 0.25) is 0 Å². The Balaban J connectivity index is 1.72. The first kappa shape index (κ1) is 17.7. The smallest absolute Gasteiger partial charge is 0.326 e. The first-order chi connectivity index (χ1) is 11.3. The molecule has 1 fully saturated rings. The molecule has 1 aliphatic rings. The highest BCUT2D eigenvalue weighted by molar-refractivity contribution is 6.08. The summed E-state index contributed by atoms with van der Waals surface area (Å²) >= 11 is 0. The number of ether oxygens (including phenoxy) is 1. The fourth-order valence-corrected chi connectivity index (χ4v) is 2.32. The Kier molecular flexibility index (Phi) is 5.33. The Morgan fingerprint density at radius 1 is 1.17 bits per heavy atom. The molecule has 24 heavy (non-hydrogen) atoms. The lowest BCUT2D eigenvalue weighted by Gasteiger charge is -2.15. The molecule has 2 rings (SSSR count). The standard InChI is InChI=1S/C17H20N2O5/c1-17(2)15(22)19(16(23)18-17)11-14(21)24-10-6-9-13(20)12-7-4-3-5-8-12/h3-5,7-8H,6,9-11H2,1-2H3,(H,18,23). The van der Waals surface area contributed by atoms with Crippen molar-refractivity contribution in [2.24, 2.45) is 0 Å². The molecule has 0 bridgehead atoms. The molecule has 0 aliphatic carbocycles. The maximum Gasteiger partial charge on any atom is 0.326 e. The third-order valence-electron chi connectivity index (χ3n) is 3.64. The largest absolute Gasteiger partial charge is 0.464 e. The van der Waals surface area contributed by atoms with Crippen LogP contribution < -0.4 is 5.32 Å². The predicted octanol–water partition coefficient (Wildman–Crippen LogP) is 1.52. The third kappa shape index (κ3) is 4.18. The second-order valence-electron chi connectivity index (χ2n) is 6.06. The Morgan fingerprint density at radius 2 is 1.83 bits per heavy atom. The van der Waals surface area contributed by atoms with Crippen molar-refractivity contribution in [2.45, 2.75) is 32.2 Å². The number of nitrogens with zero attached hydrogens (tertiary/aromatic N) is 1. The van der Waals surface area contributed by atoms with Crippen LogP contribution in [0, 0.1) is 0 Å². The van der Waals surface area contributed by atoms with E-state index in [0.29, 0.717) is 12.0 Å². The number of benzene rings is 1. The molecule has 7 nitrogen and oxygen atoms in total. The minimum atomic E-state index is -1.01. The van der Waals surface area contributed by atoms with Crippen LogP contribution in [0.1, 0.15) is 37.0 Å². The number of ketones is 1. The van der Waals surface area contributed by atoms with Crippen molar-refractivity contribution in [1.82, 2.24) is 10.2 Å². The van der Waals surface area contributed by atoms with Crippen LogP contribution in [0.5, 0.6) is 0 Å². The average Bonchev–Trinajstić information content (AvgIpc) is 2.74. The molecular formula is C17H20N2O5. The highest BCUT2D eigenvalue weighted by Gasteiger charge is 2.45. The minimum Gasteiger partial charge on any atom is -0.464 e. The van der Waals surface area contributed by atoms with Gasteiger partial charge in [0, 0.05) is 12.0 Å². The second kappa shape index (κ2) is 7.25. The molecule has 1 saturated heterocycles. The summed E-state index contributed by atoms with van der Waals surface area (Å²) in [4.78, 5) is 48.0. The Hall–Kier alpha value is -2.70. The highest BCUT2D eigenvalue weighted by Crippen LogP contribution is 2.16. The molecule has 0 unspecified atom stereocenters. The highest BCUT2D eigenvalue weighted by atomic mass is 16.5. The van der Waals surface area contributed by atoms with Gasteiger partial charge in [-0.25, -0.2) is 4.79 Å². The number of nitrogens with one attached hydrogen (secondary N) is 1. The number of rotatable bonds is 7. The van der Waals surface area contributed by atoms with Gasteiger partial charge in [0.05, 0.1) is 6.61 Å². The number of carbonyl (C=O) groups is 4. The molecule has 0 radical (unpaired) electrons. The Labute approximate surface area is 140 Å². The summed E-state index contributed by atoms with van der Waals surface area (Å²) in [6, 6.07) is 8.25. The molecule has 1 aliphatic heterocycles. The van der Waals surface area contributed by atoms with Crippen molar-refractivity contribution in [3.63, 3.8) is 0 Å². The van der Waals surface area contributed by atoms with Crippen molar-refractivity contribution in [1.29, 1.82) is 0 Å². The molecule has 1 heterocycles. The molecule has 0 atom stereocenters. The van der Waals surface area contributed by atoms with E-state index >= 15 is 0 Å². The molecule has 0 spiro atoms. The zero-order valence-corrected chi connectivity index (χ0v) is 13.7. The van der Waals surface area contributed by atoms with Gasteiger partial charge < -0.3 is 10.1 Å². The van der Waals surface area contributed by atoms with E-state index in [-0.39, 0.29) is 18.8 Å². The van der Waals surface area contributed by atoms with Crippen molar-refractivity contribution in [3.8, 4) is 0 Å². The van der Waals surface area contributed by atoms with E-state index in [1.54, 1.807) is 38.1 Å². The van der Waals surface area contributed by atoms with Crippen molar-refractivity contribution >= 4 is 23.7 Å². The number of amides is 3. The van der Waals surface area contributed by atoms with Gasteiger partial charge >= 0.3 is 12.0 Å². The van der Waals surface area contributed by atoms with E-state index in [1.807, 2.05) is 6.07 Å². The fourth-order valence-electron chi connectivity index (χ4n) is 2.32. The zero-order valence-electron chi connectivity index (χ0n) is 13.7. The summed E-state index contributed by atoms with van der Waals surface area (Å²) in [5.41, 5.74) is -0.398. The van der Waals surface area contributed by atoms with Crippen molar-refractivity contribution < 1.29 is 23.9 Å². The van der Waals surface area contributed by atoms with Crippen molar-refractivity contribution in [3.05, 3.63) is 35.9 Å². The molecule has 1 aromatic rings. The first-order valence-electron chi connectivity index (χ1n) is 7.69. The summed E-state index contributed by atoms with van der Waals surface area (Å²) in [5.74, 6) is -1.17. The summed E-state index contributed by atoms with van der Waals surface area (Å²) in [5, 5.41) is 2.48. The van der Waals surface area contributed by atoms with Gasteiger partial charge in [-0.2, -0.15) is 0 Å². The molecular weight excluding hydrogens is 312 g/mol. The van der Waals surface area contributed by atoms with Gasteiger partial charge in [0.25, 0.3) is 5.91 Å². The topological polar surface area (TPSA) is 92.8 Å². The van der Waals surface area contributed by atoms with E-state index in [4.69, 9.17) is 4.74 Å². The summed E-state index contributed by atoms with van der Waals surface area (Å²) < 4.78 is 4.99. The average molecular weight is 332 g/mol. The number of esters is 1. The molecule has 0 aromatic heterocycles. The molecule has 1 N–H and O–H groups in total. The van der Waals surface area contributed by atoms with E-state index < -0.39 is 30.0 Å². The second-order valence-corrected chi connectivity index (χ2v) is 6.06. The predicted molar refractivity (Wildman–Crippen MR) is 85.3 cm³/mol. The number of urea groups is 1. The number of imide groups is 1. The number of hydrogen-bond donors (Lipinski definition) is 1. The minimum absolute atomic E-state index is 0.0255. The lowest BCUT2D eigenvalue weighted by molar-refractivity contribution is -0.147. The maximum absolute atomic E-state index is 11.9. The summed E-state index contributed by atoms with van der Waals surface area (Å²) in [7, 11) is 0. The van der Waals surface area contributed by atoms with Gasteiger partial charge in [-0.3, -0.25) is 19.3 Å². The summed E-state index contributed by atoms with van der Waals surface area (Å²) in [6.45, 7) is 2.76. The normalized spacial score (nSPS) is 16.0. The zero-order chi connectivity index (χ0) is 17.7. The molecule has 0 saturated carbocycles. The van der Waals surface area contributed by atoms with Gasteiger partial charge in [-0.15, -0.1) is 0 Å². The first-order valence-corrected chi connectivity index (χ1v) is 7.69. The number of hydrogen-bond acceptors (Lipinski definition) is 5. The monoisotopic (exact) mass is 332 g/mol. The molecule has 1 aromatic carbocycles. The molecule has 128 valence electrons. The van der Waals surface area contributed by atoms with Gasteiger partial charge in [-0.05, 0) is 20.3 Å². The maximum atomic E-state index is 11.9. The molecule has 3 amide bonds. The van der Waals surface area contributed by atoms with Gasteiger partial charge in [-0.1, -0.05) is 30.3 Å². The fraction of sp³-hybridized carbons (Fsp3) is 0.412. The van der Waals surface area contributed by atoms with Crippen LogP contribution in [-0.2, 0) is 14.3 Å². The van der Waals surface area contributed by atoms with E-state index in [0.717, 1.165) is 4.90 Å². The third-order valence-corrected chi connectivity index (χ3v) is 3.64. The van der Waals surface area contributed by atoms with Gasteiger partial charge in [0.1, 0.15) is 12.1 Å². The van der Waals surface area contributed by atoms with Crippen LogP contribution in [-0.4, -0.2) is 47.3 Å². The van der Waals surface area contributed by atoms with E-state index in [1.165, 1.54) is 0 Å². The van der Waals surface area contributed by atoms with Crippen LogP contribution in [0.3, 0.4) is 0 Å². The number of Topliss-reactive ketones (excluding diaryl/α,β-unsaturated/α-hetero) is 1. The van der Waals surface area contributed by atoms with E-state index in [9.17, 15) is 19.2 Å². The van der Waals surface area contributed by atoms with Crippen LogP contribution in [0.25, 0.3) is 0 Å². The van der Waals surface area contributed by atoms with Crippen LogP contribution in [0.4, 0.5) is 4.79 Å². The van der Waals surface area contributed by atoms with Crippen molar-refractivity contribution in [2.75, 3.05) is 13.2 Å². The van der Waals surface area contributed by atoms with Crippen LogP contribution in [0.15, 0.2) is 30.3 Å². The van der Waals surface area contributed by atoms with E-state index in [2.05, 4.69) is 5.32 Å². The number of carbonyl (C=O) groups excluding carboxylic acids is 4. The quantitative estimate of drug-likeness (QED) is 0.354.